The van der Waals surface area contributed by atoms with Crippen LogP contribution in [0.3, 0.4) is 0 Å². The summed E-state index contributed by atoms with van der Waals surface area (Å²) in [4.78, 5) is 4.42. The van der Waals surface area contributed by atoms with Crippen molar-refractivity contribution in [2.75, 3.05) is 6.26 Å². The van der Waals surface area contributed by atoms with Gasteiger partial charge in [0, 0.05) is 17.8 Å². The smallest absolute Gasteiger partial charge is 0.177 e. The fourth-order valence-corrected chi connectivity index (χ4v) is 2.43. The molecule has 0 saturated heterocycles. The number of nitrogens with zero attached hydrogens (tertiary/aromatic N) is 1. The first-order valence-electron chi connectivity index (χ1n) is 4.54. The topological polar surface area (TPSA) is 47.0 Å². The van der Waals surface area contributed by atoms with Crippen LogP contribution >= 0.6 is 0 Å². The number of aryl methyl sites for hydroxylation is 1. The number of para-hydroxylation sites is 1. The number of fused-ring (bicyclic) bond motifs is 1. The molecule has 0 aliphatic carbocycles. The summed E-state index contributed by atoms with van der Waals surface area (Å²) in [5.41, 5.74) is 1.59. The Bertz CT molecular complexity index is 618. The van der Waals surface area contributed by atoms with Gasteiger partial charge < -0.3 is 0 Å². The highest BCUT2D eigenvalue weighted by molar-refractivity contribution is 7.91. The number of hydrogen-bond donors (Lipinski definition) is 0. The van der Waals surface area contributed by atoms with Gasteiger partial charge in [-0.3, -0.25) is 4.98 Å². The molecule has 3 nitrogen and oxygen atoms in total. The van der Waals surface area contributed by atoms with Crippen LogP contribution in [0.4, 0.5) is 0 Å². The molecule has 0 unspecified atom stereocenters. The van der Waals surface area contributed by atoms with Crippen molar-refractivity contribution >= 4 is 20.7 Å². The van der Waals surface area contributed by atoms with Gasteiger partial charge in [-0.25, -0.2) is 8.42 Å². The summed E-state index contributed by atoms with van der Waals surface area (Å²) in [6.07, 6.45) is 2.83. The van der Waals surface area contributed by atoms with Gasteiger partial charge in [0.05, 0.1) is 10.4 Å². The third kappa shape index (κ3) is 1.72. The summed E-state index contributed by atoms with van der Waals surface area (Å²) in [7, 11) is -3.21. The second-order valence-electron chi connectivity index (χ2n) is 3.55. The first-order valence-corrected chi connectivity index (χ1v) is 6.43. The molecule has 1 aromatic heterocycles. The Labute approximate surface area is 88.7 Å². The van der Waals surface area contributed by atoms with Crippen LogP contribution in [0, 0.1) is 6.92 Å². The van der Waals surface area contributed by atoms with Gasteiger partial charge in [0.15, 0.2) is 9.84 Å². The fraction of sp³-hybridized carbons (Fsp3) is 0.182. The van der Waals surface area contributed by atoms with E-state index in [1.807, 2.05) is 19.1 Å². The SMILES string of the molecule is Cc1ccnc2c(S(C)(=O)=O)cccc12. The van der Waals surface area contributed by atoms with Crippen LogP contribution in [-0.2, 0) is 9.84 Å². The molecular weight excluding hydrogens is 210 g/mol. The molecule has 0 saturated carbocycles. The van der Waals surface area contributed by atoms with E-state index in [4.69, 9.17) is 0 Å². The van der Waals surface area contributed by atoms with Crippen molar-refractivity contribution in [2.45, 2.75) is 11.8 Å². The van der Waals surface area contributed by atoms with Gasteiger partial charge in [0.25, 0.3) is 0 Å². The molecule has 4 heteroatoms. The van der Waals surface area contributed by atoms with E-state index in [-0.39, 0.29) is 0 Å². The van der Waals surface area contributed by atoms with Crippen molar-refractivity contribution in [3.8, 4) is 0 Å². The van der Waals surface area contributed by atoms with Gasteiger partial charge in [-0.2, -0.15) is 0 Å². The summed E-state index contributed by atoms with van der Waals surface area (Å²) in [5.74, 6) is 0. The fourth-order valence-electron chi connectivity index (χ4n) is 1.59. The van der Waals surface area contributed by atoms with Crippen molar-refractivity contribution in [1.82, 2.24) is 4.98 Å². The highest BCUT2D eigenvalue weighted by atomic mass is 32.2. The van der Waals surface area contributed by atoms with E-state index in [1.165, 1.54) is 6.26 Å². The van der Waals surface area contributed by atoms with Crippen molar-refractivity contribution < 1.29 is 8.42 Å². The normalized spacial score (nSPS) is 11.9. The first-order chi connectivity index (χ1) is 7.00. The van der Waals surface area contributed by atoms with E-state index in [9.17, 15) is 8.42 Å². The molecule has 0 aliphatic rings. The van der Waals surface area contributed by atoms with Gasteiger partial charge in [-0.1, -0.05) is 12.1 Å². The average Bonchev–Trinajstić information content (AvgIpc) is 2.16. The number of hydrogen-bond acceptors (Lipinski definition) is 3. The minimum absolute atomic E-state index is 0.295. The second kappa shape index (κ2) is 3.31. The van der Waals surface area contributed by atoms with Crippen LogP contribution in [0.1, 0.15) is 5.56 Å². The van der Waals surface area contributed by atoms with Gasteiger partial charge in [0.2, 0.25) is 0 Å². The summed E-state index contributed by atoms with van der Waals surface area (Å²) >= 11 is 0. The Morgan fingerprint density at radius 3 is 2.60 bits per heavy atom. The van der Waals surface area contributed by atoms with Gasteiger partial charge in [-0.05, 0) is 24.6 Å². The molecular formula is C11H11NO2S. The zero-order valence-electron chi connectivity index (χ0n) is 8.56. The molecule has 0 bridgehead atoms. The van der Waals surface area contributed by atoms with E-state index < -0.39 is 9.84 Å². The minimum Gasteiger partial charge on any atom is -0.255 e. The van der Waals surface area contributed by atoms with Crippen LogP contribution in [0.25, 0.3) is 10.9 Å². The van der Waals surface area contributed by atoms with E-state index >= 15 is 0 Å². The molecule has 2 rings (SSSR count). The maximum Gasteiger partial charge on any atom is 0.177 e. The predicted molar refractivity (Wildman–Crippen MR) is 59.6 cm³/mol. The number of aromatic nitrogens is 1. The largest absolute Gasteiger partial charge is 0.255 e. The van der Waals surface area contributed by atoms with Gasteiger partial charge in [0.1, 0.15) is 0 Å². The molecule has 1 heterocycles. The summed E-state index contributed by atoms with van der Waals surface area (Å²) < 4.78 is 23.0. The summed E-state index contributed by atoms with van der Waals surface area (Å²) in [6.45, 7) is 1.94. The standard InChI is InChI=1S/C11H11NO2S/c1-8-6-7-12-11-9(8)4-3-5-10(11)15(2,13)14/h3-7H,1-2H3. The number of benzene rings is 1. The monoisotopic (exact) mass is 221 g/mol. The van der Waals surface area contributed by atoms with E-state index in [0.29, 0.717) is 10.4 Å². The third-order valence-corrected chi connectivity index (χ3v) is 3.48. The molecule has 0 atom stereocenters. The number of pyridine rings is 1. The Morgan fingerprint density at radius 1 is 1.20 bits per heavy atom. The van der Waals surface area contributed by atoms with Crippen molar-refractivity contribution in [3.05, 3.63) is 36.0 Å². The lowest BCUT2D eigenvalue weighted by atomic mass is 10.1. The number of sulfone groups is 1. The molecule has 78 valence electrons. The van der Waals surface area contributed by atoms with Crippen LogP contribution in [0.15, 0.2) is 35.4 Å². The summed E-state index contributed by atoms with van der Waals surface area (Å²) in [6, 6.07) is 7.08. The van der Waals surface area contributed by atoms with Crippen molar-refractivity contribution in [2.24, 2.45) is 0 Å². The Balaban J connectivity index is 2.96. The summed E-state index contributed by atoms with van der Waals surface area (Å²) in [5, 5.41) is 0.889. The molecule has 0 aliphatic heterocycles. The average molecular weight is 221 g/mol. The zero-order valence-corrected chi connectivity index (χ0v) is 9.38. The molecule has 0 radical (unpaired) electrons. The lowest BCUT2D eigenvalue weighted by Gasteiger charge is -2.05. The highest BCUT2D eigenvalue weighted by Crippen LogP contribution is 2.22. The molecule has 0 amide bonds. The maximum atomic E-state index is 11.5. The lowest BCUT2D eigenvalue weighted by molar-refractivity contribution is 0.602. The first kappa shape index (κ1) is 10.1. The third-order valence-electron chi connectivity index (χ3n) is 2.35. The zero-order chi connectivity index (χ0) is 11.1. The van der Waals surface area contributed by atoms with Crippen LogP contribution < -0.4 is 0 Å². The van der Waals surface area contributed by atoms with Crippen LogP contribution in [0.5, 0.6) is 0 Å². The van der Waals surface area contributed by atoms with Crippen LogP contribution in [-0.4, -0.2) is 19.7 Å². The Hall–Kier alpha value is -1.42. The second-order valence-corrected chi connectivity index (χ2v) is 5.54. The predicted octanol–water partition coefficient (Wildman–Crippen LogP) is 1.95. The van der Waals surface area contributed by atoms with Gasteiger partial charge in [-0.15, -0.1) is 0 Å². The lowest BCUT2D eigenvalue weighted by Crippen LogP contribution is -1.99. The van der Waals surface area contributed by atoms with E-state index in [2.05, 4.69) is 4.98 Å². The highest BCUT2D eigenvalue weighted by Gasteiger charge is 2.12. The molecule has 0 fully saturated rings. The van der Waals surface area contributed by atoms with E-state index in [0.717, 1.165) is 10.9 Å². The van der Waals surface area contributed by atoms with Crippen molar-refractivity contribution in [1.29, 1.82) is 0 Å². The molecule has 0 N–H and O–H groups in total. The molecule has 1 aromatic carbocycles. The van der Waals surface area contributed by atoms with Gasteiger partial charge >= 0.3 is 0 Å². The molecule has 0 spiro atoms. The quantitative estimate of drug-likeness (QED) is 0.739. The molecule has 2 aromatic rings. The Kier molecular flexibility index (Phi) is 2.23. The minimum atomic E-state index is -3.21. The Morgan fingerprint density at radius 2 is 1.93 bits per heavy atom. The number of rotatable bonds is 1. The van der Waals surface area contributed by atoms with E-state index in [1.54, 1.807) is 18.3 Å². The van der Waals surface area contributed by atoms with Crippen molar-refractivity contribution in [3.63, 3.8) is 0 Å². The maximum absolute atomic E-state index is 11.5. The van der Waals surface area contributed by atoms with Crippen LogP contribution in [0.2, 0.25) is 0 Å². The molecule has 15 heavy (non-hydrogen) atoms.